The van der Waals surface area contributed by atoms with Gasteiger partial charge in [-0.15, -0.1) is 0 Å². The lowest BCUT2D eigenvalue weighted by molar-refractivity contribution is -0.130. The van der Waals surface area contributed by atoms with Crippen LogP contribution in [-0.4, -0.2) is 55.5 Å². The highest BCUT2D eigenvalue weighted by atomic mass is 19.1. The van der Waals surface area contributed by atoms with Gasteiger partial charge < -0.3 is 9.64 Å². The van der Waals surface area contributed by atoms with E-state index < -0.39 is 0 Å². The van der Waals surface area contributed by atoms with Gasteiger partial charge in [-0.1, -0.05) is 12.1 Å². The van der Waals surface area contributed by atoms with Gasteiger partial charge in [0.1, 0.15) is 5.82 Å². The summed E-state index contributed by atoms with van der Waals surface area (Å²) in [6, 6.07) is 8.39. The van der Waals surface area contributed by atoms with Gasteiger partial charge in [-0.3, -0.25) is 9.69 Å². The van der Waals surface area contributed by atoms with E-state index in [0.717, 1.165) is 12.1 Å². The molecule has 1 heterocycles. The summed E-state index contributed by atoms with van der Waals surface area (Å²) in [5.74, 6) is -0.211. The molecular formula is C17H22FN3O2. The van der Waals surface area contributed by atoms with Crippen LogP contribution in [0.3, 0.4) is 0 Å². The number of rotatable bonds is 6. The Morgan fingerprint density at radius 2 is 2.22 bits per heavy atom. The van der Waals surface area contributed by atoms with Gasteiger partial charge in [0.05, 0.1) is 25.2 Å². The van der Waals surface area contributed by atoms with Crippen molar-refractivity contribution >= 4 is 5.91 Å². The molecule has 6 heteroatoms. The lowest BCUT2D eigenvalue weighted by Crippen LogP contribution is -2.40. The van der Waals surface area contributed by atoms with Gasteiger partial charge in [-0.2, -0.15) is 5.26 Å². The van der Waals surface area contributed by atoms with Gasteiger partial charge in [0.25, 0.3) is 0 Å². The third-order valence-corrected chi connectivity index (χ3v) is 4.02. The first-order valence-corrected chi connectivity index (χ1v) is 7.80. The topological polar surface area (TPSA) is 56.6 Å². The molecular weight excluding hydrogens is 297 g/mol. The molecule has 0 bridgehead atoms. The number of nitriles is 1. The van der Waals surface area contributed by atoms with E-state index in [-0.39, 0.29) is 17.8 Å². The molecule has 23 heavy (non-hydrogen) atoms. The van der Waals surface area contributed by atoms with Crippen LogP contribution in [0.25, 0.3) is 0 Å². The minimum atomic E-state index is -0.257. The van der Waals surface area contributed by atoms with Gasteiger partial charge in [0.2, 0.25) is 5.91 Å². The predicted molar refractivity (Wildman–Crippen MR) is 84.0 cm³/mol. The zero-order valence-electron chi connectivity index (χ0n) is 13.4. The van der Waals surface area contributed by atoms with Crippen LogP contribution in [0.2, 0.25) is 0 Å². The van der Waals surface area contributed by atoms with E-state index in [4.69, 9.17) is 10.00 Å². The molecule has 0 aliphatic carbocycles. The van der Waals surface area contributed by atoms with Gasteiger partial charge in [0.15, 0.2) is 0 Å². The number of ether oxygens (including phenoxy) is 1. The monoisotopic (exact) mass is 319 g/mol. The second-order valence-electron chi connectivity index (χ2n) is 5.68. The predicted octanol–water partition coefficient (Wildman–Crippen LogP) is 1.96. The second-order valence-corrected chi connectivity index (χ2v) is 5.68. The maximum atomic E-state index is 13.0. The van der Waals surface area contributed by atoms with Crippen molar-refractivity contribution in [3.63, 3.8) is 0 Å². The summed E-state index contributed by atoms with van der Waals surface area (Å²) in [4.78, 5) is 15.8. The molecule has 1 aromatic carbocycles. The van der Waals surface area contributed by atoms with E-state index in [2.05, 4.69) is 4.90 Å². The van der Waals surface area contributed by atoms with E-state index in [1.807, 2.05) is 6.07 Å². The summed E-state index contributed by atoms with van der Waals surface area (Å²) in [7, 11) is 1.72. The van der Waals surface area contributed by atoms with Crippen LogP contribution in [0.4, 0.5) is 4.39 Å². The summed E-state index contributed by atoms with van der Waals surface area (Å²) >= 11 is 0. The van der Waals surface area contributed by atoms with Gasteiger partial charge in [-0.05, 0) is 17.7 Å². The van der Waals surface area contributed by atoms with Crippen molar-refractivity contribution in [3.05, 3.63) is 35.6 Å². The lowest BCUT2D eigenvalue weighted by Gasteiger charge is -2.33. The first-order valence-electron chi connectivity index (χ1n) is 7.80. The van der Waals surface area contributed by atoms with Crippen molar-refractivity contribution in [1.82, 2.24) is 9.80 Å². The molecule has 5 nitrogen and oxygen atoms in total. The van der Waals surface area contributed by atoms with E-state index in [9.17, 15) is 9.18 Å². The van der Waals surface area contributed by atoms with Crippen LogP contribution in [0, 0.1) is 17.1 Å². The summed E-state index contributed by atoms with van der Waals surface area (Å²) < 4.78 is 18.7. The molecule has 0 aromatic heterocycles. The van der Waals surface area contributed by atoms with Crippen LogP contribution in [0.15, 0.2) is 24.3 Å². The maximum absolute atomic E-state index is 13.0. The number of hydrogen-bond donors (Lipinski definition) is 0. The molecule has 2 rings (SSSR count). The number of benzene rings is 1. The van der Waals surface area contributed by atoms with Crippen molar-refractivity contribution in [3.8, 4) is 6.07 Å². The molecule has 1 aromatic rings. The number of morpholine rings is 1. The average Bonchev–Trinajstić information content (AvgIpc) is 2.58. The molecule has 124 valence electrons. The highest BCUT2D eigenvalue weighted by Crippen LogP contribution is 2.22. The smallest absolute Gasteiger partial charge is 0.223 e. The number of halogens is 1. The SMILES string of the molecule is CN(CCC#N)C(=O)CCN1CCO[C@@H](c2ccc(F)cc2)C1. The van der Waals surface area contributed by atoms with Crippen molar-refractivity contribution in [1.29, 1.82) is 5.26 Å². The zero-order chi connectivity index (χ0) is 16.7. The standard InChI is InChI=1S/C17H22FN3O2/c1-20(9-2-8-19)17(22)7-10-21-11-12-23-16(13-21)14-3-5-15(18)6-4-14/h3-6,16H,2,7,9-13H2,1H3/t16-/m1/s1. The third kappa shape index (κ3) is 5.31. The average molecular weight is 319 g/mol. The molecule has 0 unspecified atom stereocenters. The van der Waals surface area contributed by atoms with Gasteiger partial charge in [0, 0.05) is 39.6 Å². The van der Waals surface area contributed by atoms with Crippen LogP contribution >= 0.6 is 0 Å². The van der Waals surface area contributed by atoms with E-state index in [1.165, 1.54) is 12.1 Å². The summed E-state index contributed by atoms with van der Waals surface area (Å²) in [5.41, 5.74) is 0.952. The number of hydrogen-bond acceptors (Lipinski definition) is 4. The van der Waals surface area contributed by atoms with Crippen molar-refractivity contribution < 1.29 is 13.9 Å². The van der Waals surface area contributed by atoms with Crippen molar-refractivity contribution in [2.75, 3.05) is 39.8 Å². The molecule has 1 fully saturated rings. The molecule has 1 saturated heterocycles. The Hall–Kier alpha value is -1.97. The number of amides is 1. The molecule has 1 amide bonds. The number of nitrogens with zero attached hydrogens (tertiary/aromatic N) is 3. The first kappa shape index (κ1) is 17.4. The number of carbonyl (C=O) groups excluding carboxylic acids is 1. The summed E-state index contributed by atoms with van der Waals surface area (Å²) in [6.07, 6.45) is 0.695. The highest BCUT2D eigenvalue weighted by molar-refractivity contribution is 5.76. The molecule has 0 N–H and O–H groups in total. The fourth-order valence-electron chi connectivity index (χ4n) is 2.57. The Labute approximate surface area is 136 Å². The minimum Gasteiger partial charge on any atom is -0.371 e. The fourth-order valence-corrected chi connectivity index (χ4v) is 2.57. The quantitative estimate of drug-likeness (QED) is 0.804. The van der Waals surface area contributed by atoms with E-state index >= 15 is 0 Å². The van der Waals surface area contributed by atoms with E-state index in [1.54, 1.807) is 24.1 Å². The van der Waals surface area contributed by atoms with Crippen LogP contribution < -0.4 is 0 Å². The molecule has 0 spiro atoms. The first-order chi connectivity index (χ1) is 11.1. The molecule has 1 aliphatic heterocycles. The van der Waals surface area contributed by atoms with Crippen LogP contribution in [0.5, 0.6) is 0 Å². The Morgan fingerprint density at radius 1 is 1.48 bits per heavy atom. The Morgan fingerprint density at radius 3 is 2.91 bits per heavy atom. The fraction of sp³-hybridized carbons (Fsp3) is 0.529. The van der Waals surface area contributed by atoms with Crippen molar-refractivity contribution in [2.45, 2.75) is 18.9 Å². The number of carbonyl (C=O) groups is 1. The maximum Gasteiger partial charge on any atom is 0.223 e. The molecule has 1 aliphatic rings. The minimum absolute atomic E-state index is 0.0464. The molecule has 0 saturated carbocycles. The largest absolute Gasteiger partial charge is 0.371 e. The zero-order valence-corrected chi connectivity index (χ0v) is 13.4. The molecule has 1 atom stereocenters. The lowest BCUT2D eigenvalue weighted by atomic mass is 10.1. The Kier molecular flexibility index (Phi) is 6.51. The van der Waals surface area contributed by atoms with Gasteiger partial charge in [-0.25, -0.2) is 4.39 Å². The Bertz CT molecular complexity index is 556. The normalized spacial score (nSPS) is 18.4. The third-order valence-electron chi connectivity index (χ3n) is 4.02. The summed E-state index contributed by atoms with van der Waals surface area (Å²) in [6.45, 7) is 3.21. The highest BCUT2D eigenvalue weighted by Gasteiger charge is 2.22. The van der Waals surface area contributed by atoms with Crippen molar-refractivity contribution in [2.24, 2.45) is 0 Å². The molecule has 0 radical (unpaired) electrons. The summed E-state index contributed by atoms with van der Waals surface area (Å²) in [5, 5.41) is 8.55. The van der Waals surface area contributed by atoms with Crippen LogP contribution in [0.1, 0.15) is 24.5 Å². The van der Waals surface area contributed by atoms with E-state index in [0.29, 0.717) is 39.1 Å². The Balaban J connectivity index is 1.81. The van der Waals surface area contributed by atoms with Gasteiger partial charge >= 0.3 is 0 Å². The second kappa shape index (κ2) is 8.61. The van der Waals surface area contributed by atoms with Crippen LogP contribution in [-0.2, 0) is 9.53 Å².